The highest BCUT2D eigenvalue weighted by Gasteiger charge is 2.12. The minimum absolute atomic E-state index is 0.473. The summed E-state index contributed by atoms with van der Waals surface area (Å²) in [6.07, 6.45) is 4.29. The molecule has 152 valence electrons. The van der Waals surface area contributed by atoms with Gasteiger partial charge in [0.25, 0.3) is 0 Å². The molecule has 0 aliphatic rings. The van der Waals surface area contributed by atoms with Crippen molar-refractivity contribution >= 4 is 17.5 Å². The fraction of sp³-hybridized carbons (Fsp3) is 0.286. The van der Waals surface area contributed by atoms with Gasteiger partial charge in [0.2, 0.25) is 5.95 Å². The van der Waals surface area contributed by atoms with Gasteiger partial charge in [0.15, 0.2) is 0 Å². The lowest BCUT2D eigenvalue weighted by molar-refractivity contribution is 0.386. The van der Waals surface area contributed by atoms with Crippen molar-refractivity contribution in [3.63, 3.8) is 0 Å². The average Bonchev–Trinajstić information content (AvgIpc) is 2.77. The molecule has 0 fully saturated rings. The van der Waals surface area contributed by atoms with Crippen molar-refractivity contribution in [3.05, 3.63) is 48.3 Å². The summed E-state index contributed by atoms with van der Waals surface area (Å²) >= 11 is 0. The van der Waals surface area contributed by atoms with E-state index in [1.165, 1.54) is 0 Å². The van der Waals surface area contributed by atoms with Gasteiger partial charge in [-0.1, -0.05) is 6.92 Å². The number of hydrogen-bond acceptors (Lipinski definition) is 8. The highest BCUT2D eigenvalue weighted by atomic mass is 16.5. The highest BCUT2D eigenvalue weighted by Crippen LogP contribution is 2.34. The van der Waals surface area contributed by atoms with Crippen LogP contribution < -0.4 is 25.8 Å². The molecular formula is C21H26N6O2. The molecule has 2 aromatic heterocycles. The normalized spacial score (nSPS) is 10.5. The summed E-state index contributed by atoms with van der Waals surface area (Å²) in [6, 6.07) is 9.53. The zero-order valence-corrected chi connectivity index (χ0v) is 16.9. The quantitative estimate of drug-likeness (QED) is 0.508. The summed E-state index contributed by atoms with van der Waals surface area (Å²) < 4.78 is 11.0. The van der Waals surface area contributed by atoms with Crippen molar-refractivity contribution < 1.29 is 9.47 Å². The number of nitrogens with one attached hydrogen (secondary N) is 2. The van der Waals surface area contributed by atoms with Crippen LogP contribution in [-0.4, -0.2) is 42.3 Å². The zero-order chi connectivity index (χ0) is 20.6. The third-order valence-electron chi connectivity index (χ3n) is 4.38. The van der Waals surface area contributed by atoms with Gasteiger partial charge in [0, 0.05) is 54.4 Å². The molecule has 0 saturated heterocycles. The van der Waals surface area contributed by atoms with Crippen molar-refractivity contribution in [2.24, 2.45) is 5.73 Å². The van der Waals surface area contributed by atoms with Crippen LogP contribution in [-0.2, 0) is 6.42 Å². The number of nitrogens with two attached hydrogens (primary N) is 1. The van der Waals surface area contributed by atoms with Crippen LogP contribution >= 0.6 is 0 Å². The van der Waals surface area contributed by atoms with E-state index in [1.807, 2.05) is 30.3 Å². The number of anilines is 3. The van der Waals surface area contributed by atoms with Gasteiger partial charge in [0.1, 0.15) is 17.3 Å². The lowest BCUT2D eigenvalue weighted by Gasteiger charge is -2.15. The molecule has 8 nitrogen and oxygen atoms in total. The van der Waals surface area contributed by atoms with E-state index in [1.54, 1.807) is 26.6 Å². The Labute approximate surface area is 170 Å². The SMILES string of the molecule is CCc1c(OC)cc(Nc2nccc(-c3ccc(NCCN)nc3)n2)cc1OC. The standard InChI is InChI=1S/C21H26N6O2/c1-4-16-18(28-2)11-15(12-19(16)29-3)26-21-24-9-7-17(27-21)14-5-6-20(25-13-14)23-10-8-22/h5-7,9,11-13H,4,8,10,22H2,1-3H3,(H,23,25)(H,24,26,27). The third kappa shape index (κ3) is 4.91. The largest absolute Gasteiger partial charge is 0.496 e. The van der Waals surface area contributed by atoms with Gasteiger partial charge >= 0.3 is 0 Å². The predicted molar refractivity (Wildman–Crippen MR) is 115 cm³/mol. The van der Waals surface area contributed by atoms with E-state index >= 15 is 0 Å². The Morgan fingerprint density at radius 3 is 2.38 bits per heavy atom. The Bertz CT molecular complexity index is 921. The van der Waals surface area contributed by atoms with E-state index in [2.05, 4.69) is 32.5 Å². The number of methoxy groups -OCH3 is 2. The first kappa shape index (κ1) is 20.3. The Hall–Kier alpha value is -3.39. The minimum atomic E-state index is 0.473. The van der Waals surface area contributed by atoms with Crippen molar-refractivity contribution in [1.29, 1.82) is 0 Å². The summed E-state index contributed by atoms with van der Waals surface area (Å²) in [5.74, 6) is 2.77. The molecule has 0 aliphatic carbocycles. The number of hydrogen-bond donors (Lipinski definition) is 3. The lowest BCUT2D eigenvalue weighted by atomic mass is 10.1. The van der Waals surface area contributed by atoms with Gasteiger partial charge < -0.3 is 25.8 Å². The van der Waals surface area contributed by atoms with E-state index in [0.29, 0.717) is 19.0 Å². The van der Waals surface area contributed by atoms with E-state index in [9.17, 15) is 0 Å². The number of pyridine rings is 1. The maximum atomic E-state index is 5.51. The Morgan fingerprint density at radius 1 is 1.03 bits per heavy atom. The highest BCUT2D eigenvalue weighted by molar-refractivity contribution is 5.65. The van der Waals surface area contributed by atoms with Crippen molar-refractivity contribution in [3.8, 4) is 22.8 Å². The molecule has 3 rings (SSSR count). The van der Waals surface area contributed by atoms with Crippen LogP contribution in [0.3, 0.4) is 0 Å². The van der Waals surface area contributed by atoms with E-state index in [-0.39, 0.29) is 0 Å². The second-order valence-electron chi connectivity index (χ2n) is 6.25. The van der Waals surface area contributed by atoms with Crippen LogP contribution in [0.1, 0.15) is 12.5 Å². The second-order valence-corrected chi connectivity index (χ2v) is 6.25. The molecule has 0 unspecified atom stereocenters. The second kappa shape index (κ2) is 9.70. The van der Waals surface area contributed by atoms with Crippen LogP contribution in [0.15, 0.2) is 42.7 Å². The van der Waals surface area contributed by atoms with E-state index < -0.39 is 0 Å². The summed E-state index contributed by atoms with van der Waals surface area (Å²) in [6.45, 7) is 3.29. The molecule has 0 atom stereocenters. The van der Waals surface area contributed by atoms with E-state index in [4.69, 9.17) is 15.2 Å². The smallest absolute Gasteiger partial charge is 0.227 e. The maximum absolute atomic E-state index is 5.51. The fourth-order valence-corrected chi connectivity index (χ4v) is 2.96. The molecule has 0 spiro atoms. The summed E-state index contributed by atoms with van der Waals surface area (Å²) in [5, 5.41) is 6.37. The van der Waals surface area contributed by atoms with Crippen LogP contribution in [0, 0.1) is 0 Å². The Kier molecular flexibility index (Phi) is 6.80. The molecule has 3 aromatic rings. The molecule has 8 heteroatoms. The molecule has 2 heterocycles. The Morgan fingerprint density at radius 2 is 1.79 bits per heavy atom. The van der Waals surface area contributed by atoms with Crippen LogP contribution in [0.5, 0.6) is 11.5 Å². The molecule has 0 amide bonds. The molecule has 0 bridgehead atoms. The van der Waals surface area contributed by atoms with Crippen LogP contribution in [0.25, 0.3) is 11.3 Å². The summed E-state index contributed by atoms with van der Waals surface area (Å²) in [5.41, 5.74) is 8.96. The molecule has 0 aliphatic heterocycles. The van der Waals surface area contributed by atoms with Crippen molar-refractivity contribution in [2.75, 3.05) is 37.9 Å². The van der Waals surface area contributed by atoms with E-state index in [0.717, 1.165) is 46.2 Å². The number of benzene rings is 1. The molecule has 0 saturated carbocycles. The predicted octanol–water partition coefficient (Wildman–Crippen LogP) is 3.23. The monoisotopic (exact) mass is 394 g/mol. The first-order valence-corrected chi connectivity index (χ1v) is 9.43. The lowest BCUT2D eigenvalue weighted by Crippen LogP contribution is -2.13. The molecule has 0 radical (unpaired) electrons. The number of aromatic nitrogens is 3. The number of nitrogens with zero attached hydrogens (tertiary/aromatic N) is 3. The third-order valence-corrected chi connectivity index (χ3v) is 4.38. The first-order chi connectivity index (χ1) is 14.2. The minimum Gasteiger partial charge on any atom is -0.496 e. The maximum Gasteiger partial charge on any atom is 0.227 e. The summed E-state index contributed by atoms with van der Waals surface area (Å²) in [4.78, 5) is 13.3. The van der Waals surface area contributed by atoms with Gasteiger partial charge in [-0.3, -0.25) is 0 Å². The van der Waals surface area contributed by atoms with Gasteiger partial charge in [-0.2, -0.15) is 0 Å². The number of rotatable bonds is 9. The van der Waals surface area contributed by atoms with Crippen molar-refractivity contribution in [2.45, 2.75) is 13.3 Å². The zero-order valence-electron chi connectivity index (χ0n) is 16.9. The molecule has 1 aromatic carbocycles. The van der Waals surface area contributed by atoms with Gasteiger partial charge in [-0.05, 0) is 24.6 Å². The Balaban J connectivity index is 1.83. The van der Waals surface area contributed by atoms with Gasteiger partial charge in [-0.15, -0.1) is 0 Å². The fourth-order valence-electron chi connectivity index (χ4n) is 2.96. The van der Waals surface area contributed by atoms with Crippen LogP contribution in [0.2, 0.25) is 0 Å². The first-order valence-electron chi connectivity index (χ1n) is 9.43. The molecule has 4 N–H and O–H groups in total. The summed E-state index contributed by atoms with van der Waals surface area (Å²) in [7, 11) is 3.29. The van der Waals surface area contributed by atoms with Crippen LogP contribution in [0.4, 0.5) is 17.5 Å². The topological polar surface area (TPSA) is 107 Å². The average molecular weight is 394 g/mol. The molecule has 29 heavy (non-hydrogen) atoms. The van der Waals surface area contributed by atoms with Crippen molar-refractivity contribution in [1.82, 2.24) is 15.0 Å². The van der Waals surface area contributed by atoms with Gasteiger partial charge in [0.05, 0.1) is 19.9 Å². The number of ether oxygens (including phenoxy) is 2. The van der Waals surface area contributed by atoms with Gasteiger partial charge in [-0.25, -0.2) is 15.0 Å². The molecular weight excluding hydrogens is 368 g/mol.